The highest BCUT2D eigenvalue weighted by atomic mass is 19.1. The lowest BCUT2D eigenvalue weighted by Crippen LogP contribution is -2.73. The molecule has 1 aromatic rings. The van der Waals surface area contributed by atoms with E-state index < -0.39 is 0 Å². The topological polar surface area (TPSA) is 38.5 Å². The summed E-state index contributed by atoms with van der Waals surface area (Å²) in [5, 5.41) is 0. The average molecular weight is 294 g/mol. The van der Waals surface area contributed by atoms with Gasteiger partial charge in [0.25, 0.3) is 0 Å². The molecule has 1 fully saturated rings. The zero-order valence-corrected chi connectivity index (χ0v) is 13.5. The van der Waals surface area contributed by atoms with Crippen LogP contribution < -0.4 is 5.73 Å². The maximum Gasteiger partial charge on any atom is 0.127 e. The molecule has 2 N–H and O–H groups in total. The summed E-state index contributed by atoms with van der Waals surface area (Å²) in [4.78, 5) is 2.10. The fourth-order valence-corrected chi connectivity index (χ4v) is 3.23. The Kier molecular flexibility index (Phi) is 4.71. The first kappa shape index (κ1) is 16.4. The Bertz CT molecular complexity index is 491. The van der Waals surface area contributed by atoms with Crippen molar-refractivity contribution in [3.05, 3.63) is 35.6 Å². The molecule has 0 saturated heterocycles. The lowest BCUT2D eigenvalue weighted by molar-refractivity contribution is -0.155. The van der Waals surface area contributed by atoms with Crippen molar-refractivity contribution in [1.82, 2.24) is 4.90 Å². The highest BCUT2D eigenvalue weighted by Gasteiger charge is 2.58. The van der Waals surface area contributed by atoms with Gasteiger partial charge in [0.2, 0.25) is 0 Å². The highest BCUT2D eigenvalue weighted by molar-refractivity contribution is 5.18. The number of hydrogen-bond acceptors (Lipinski definition) is 3. The minimum absolute atomic E-state index is 0.0630. The van der Waals surface area contributed by atoms with E-state index in [-0.39, 0.29) is 22.9 Å². The predicted octanol–water partition coefficient (Wildman–Crippen LogP) is 2.79. The van der Waals surface area contributed by atoms with Crippen molar-refractivity contribution in [2.24, 2.45) is 11.1 Å². The molecular weight excluding hydrogens is 267 g/mol. The molecule has 1 aliphatic rings. The number of hydrogen-bond donors (Lipinski definition) is 1. The van der Waals surface area contributed by atoms with Crippen LogP contribution in [0, 0.1) is 11.2 Å². The second kappa shape index (κ2) is 6.03. The van der Waals surface area contributed by atoms with E-state index in [1.54, 1.807) is 6.07 Å². The molecule has 0 radical (unpaired) electrons. The van der Waals surface area contributed by atoms with Gasteiger partial charge in [0.15, 0.2) is 0 Å². The van der Waals surface area contributed by atoms with Gasteiger partial charge >= 0.3 is 0 Å². The molecule has 1 saturated carbocycles. The van der Waals surface area contributed by atoms with Gasteiger partial charge in [0.05, 0.1) is 6.10 Å². The van der Waals surface area contributed by atoms with Crippen LogP contribution in [0.3, 0.4) is 0 Å². The minimum Gasteiger partial charge on any atom is -0.378 e. The Morgan fingerprint density at radius 1 is 1.38 bits per heavy atom. The molecule has 0 aromatic heterocycles. The second-order valence-corrected chi connectivity index (χ2v) is 6.79. The summed E-state index contributed by atoms with van der Waals surface area (Å²) in [6, 6.07) is 6.90. The van der Waals surface area contributed by atoms with Gasteiger partial charge in [-0.1, -0.05) is 32.0 Å². The van der Waals surface area contributed by atoms with E-state index in [0.717, 1.165) is 19.6 Å². The molecule has 0 spiro atoms. The maximum absolute atomic E-state index is 13.7. The summed E-state index contributed by atoms with van der Waals surface area (Å²) in [5.74, 6) is -0.157. The van der Waals surface area contributed by atoms with Crippen molar-refractivity contribution < 1.29 is 9.13 Å². The molecule has 2 rings (SSSR count). The zero-order chi connectivity index (χ0) is 15.7. The van der Waals surface area contributed by atoms with Crippen molar-refractivity contribution in [1.29, 1.82) is 0 Å². The molecule has 1 aliphatic carbocycles. The van der Waals surface area contributed by atoms with E-state index in [0.29, 0.717) is 12.1 Å². The first-order valence-corrected chi connectivity index (χ1v) is 7.62. The van der Waals surface area contributed by atoms with Gasteiger partial charge < -0.3 is 15.4 Å². The van der Waals surface area contributed by atoms with Crippen LogP contribution in [-0.4, -0.2) is 36.7 Å². The van der Waals surface area contributed by atoms with Gasteiger partial charge in [0.1, 0.15) is 5.82 Å². The Morgan fingerprint density at radius 2 is 2.05 bits per heavy atom. The molecule has 1 aromatic carbocycles. The summed E-state index contributed by atoms with van der Waals surface area (Å²) in [6.07, 6.45) is 1.07. The van der Waals surface area contributed by atoms with Crippen LogP contribution in [0.5, 0.6) is 0 Å². The van der Waals surface area contributed by atoms with Crippen LogP contribution in [0.25, 0.3) is 0 Å². The molecule has 0 aliphatic heterocycles. The molecule has 3 nitrogen and oxygen atoms in total. The van der Waals surface area contributed by atoms with Crippen molar-refractivity contribution in [3.63, 3.8) is 0 Å². The highest BCUT2D eigenvalue weighted by Crippen LogP contribution is 2.50. The standard InChI is InChI=1S/C17H27FN2O/c1-5-21-15-10-17(19,16(15,2)3)12-20(4)11-13-8-6-7-9-14(13)18/h6-9,15H,5,10-12,19H2,1-4H3. The van der Waals surface area contributed by atoms with Gasteiger partial charge in [-0.3, -0.25) is 0 Å². The maximum atomic E-state index is 13.7. The molecule has 2 atom stereocenters. The number of likely N-dealkylation sites (N-methyl/N-ethyl adjacent to an activating group) is 1. The van der Waals surface area contributed by atoms with Gasteiger partial charge in [-0.2, -0.15) is 0 Å². The Labute approximate surface area is 127 Å². The summed E-state index contributed by atoms with van der Waals surface area (Å²) < 4.78 is 19.5. The number of nitrogens with zero attached hydrogens (tertiary/aromatic N) is 1. The molecule has 21 heavy (non-hydrogen) atoms. The lowest BCUT2D eigenvalue weighted by Gasteiger charge is -2.60. The molecule has 118 valence electrons. The van der Waals surface area contributed by atoms with Gasteiger partial charge in [0, 0.05) is 36.2 Å². The Morgan fingerprint density at radius 3 is 2.62 bits per heavy atom. The van der Waals surface area contributed by atoms with E-state index in [1.807, 2.05) is 26.1 Å². The first-order valence-electron chi connectivity index (χ1n) is 7.62. The number of nitrogens with two attached hydrogens (primary N) is 1. The normalized spacial score (nSPS) is 27.7. The van der Waals surface area contributed by atoms with E-state index in [9.17, 15) is 4.39 Å². The third-order valence-corrected chi connectivity index (χ3v) is 4.96. The van der Waals surface area contributed by atoms with Crippen LogP contribution in [0.1, 0.15) is 32.8 Å². The predicted molar refractivity (Wildman–Crippen MR) is 83.5 cm³/mol. The smallest absolute Gasteiger partial charge is 0.127 e. The van der Waals surface area contributed by atoms with Gasteiger partial charge in [-0.15, -0.1) is 0 Å². The third-order valence-electron chi connectivity index (χ3n) is 4.96. The van der Waals surface area contributed by atoms with Crippen LogP contribution in [0.15, 0.2) is 24.3 Å². The first-order chi connectivity index (χ1) is 9.80. The number of benzene rings is 1. The van der Waals surface area contributed by atoms with Crippen molar-refractivity contribution in [2.45, 2.75) is 45.4 Å². The molecule has 0 amide bonds. The average Bonchev–Trinajstić information content (AvgIpc) is 2.41. The molecule has 0 heterocycles. The largest absolute Gasteiger partial charge is 0.378 e. The van der Waals surface area contributed by atoms with Crippen molar-refractivity contribution >= 4 is 0 Å². The monoisotopic (exact) mass is 294 g/mol. The fraction of sp³-hybridized carbons (Fsp3) is 0.647. The summed E-state index contributed by atoms with van der Waals surface area (Å²) in [5.41, 5.74) is 6.94. The second-order valence-electron chi connectivity index (χ2n) is 6.79. The third kappa shape index (κ3) is 3.12. The zero-order valence-electron chi connectivity index (χ0n) is 13.5. The van der Waals surface area contributed by atoms with Gasteiger partial charge in [-0.25, -0.2) is 4.39 Å². The van der Waals surface area contributed by atoms with Crippen LogP contribution in [-0.2, 0) is 11.3 Å². The summed E-state index contributed by atoms with van der Waals surface area (Å²) in [7, 11) is 1.99. The number of halogens is 1. The lowest BCUT2D eigenvalue weighted by atomic mass is 9.54. The SMILES string of the molecule is CCOC1CC(N)(CN(C)Cc2ccccc2F)C1(C)C. The van der Waals surface area contributed by atoms with E-state index in [4.69, 9.17) is 10.5 Å². The minimum atomic E-state index is -0.285. The molecule has 4 heteroatoms. The van der Waals surface area contributed by atoms with Crippen molar-refractivity contribution in [3.8, 4) is 0 Å². The fourth-order valence-electron chi connectivity index (χ4n) is 3.23. The summed E-state index contributed by atoms with van der Waals surface area (Å²) in [6.45, 7) is 8.35. The molecule has 2 unspecified atom stereocenters. The summed E-state index contributed by atoms with van der Waals surface area (Å²) >= 11 is 0. The Hall–Kier alpha value is -0.970. The van der Waals surface area contributed by atoms with Crippen LogP contribution in [0.4, 0.5) is 4.39 Å². The molecular formula is C17H27FN2O. The number of rotatable bonds is 6. The number of ether oxygens (including phenoxy) is 1. The van der Waals surface area contributed by atoms with E-state index in [1.165, 1.54) is 6.07 Å². The van der Waals surface area contributed by atoms with Crippen molar-refractivity contribution in [2.75, 3.05) is 20.2 Å². The quantitative estimate of drug-likeness (QED) is 0.877. The van der Waals surface area contributed by atoms with Crippen LogP contribution >= 0.6 is 0 Å². The van der Waals surface area contributed by atoms with E-state index in [2.05, 4.69) is 18.7 Å². The van der Waals surface area contributed by atoms with E-state index >= 15 is 0 Å². The van der Waals surface area contributed by atoms with Gasteiger partial charge in [-0.05, 0) is 26.5 Å². The van der Waals surface area contributed by atoms with Crippen LogP contribution in [0.2, 0.25) is 0 Å². The Balaban J connectivity index is 1.97. The molecule has 0 bridgehead atoms.